The highest BCUT2D eigenvalue weighted by Crippen LogP contribution is 2.47. The number of hydrogen-bond acceptors (Lipinski definition) is 16. The Labute approximate surface area is 686 Å². The van der Waals surface area contributed by atoms with Crippen LogP contribution in [0.3, 0.4) is 0 Å². The SMILES string of the molecule is C1=Cc2ccccc2Nc2ccccc21.O=S1(=O)c2ccccc2Nc2ccccc21.O=S1c2ccccc2Nc2ccccc21.ON1c2ccccc2Nc2ccccc21.c1ccc2c(c1)Cc1ccccc1N2.c1ccc2c(c1)Nc1ccccc1N2.c1ccc2c(c1)Nc1ccccc1O2.c1ccc2c(c1)Nc1ccccc1S2. The van der Waals surface area contributed by atoms with Gasteiger partial charge in [0.1, 0.15) is 0 Å². The first kappa shape index (κ1) is 75.2. The molecule has 0 aliphatic carbocycles. The number of anilines is 20. The first-order valence-electron chi connectivity index (χ1n) is 38.1. The van der Waals surface area contributed by atoms with Crippen molar-refractivity contribution in [3.63, 3.8) is 0 Å². The number of nitrogens with one attached hydrogen (secondary N) is 9. The van der Waals surface area contributed by atoms with Crippen LogP contribution in [-0.4, -0.2) is 17.8 Å². The summed E-state index contributed by atoms with van der Waals surface area (Å²) in [5.74, 6) is 1.76. The Morgan fingerprint density at radius 1 is 0.274 bits per heavy atom. The second-order valence-electron chi connectivity index (χ2n) is 27.5. The molecular formula is C99H78N10O5S3. The van der Waals surface area contributed by atoms with E-state index in [9.17, 15) is 17.8 Å². The molecule has 16 aromatic rings. The second-order valence-corrected chi connectivity index (χ2v) is 31.9. The number of benzene rings is 16. The highest BCUT2D eigenvalue weighted by Gasteiger charge is 2.29. The van der Waals surface area contributed by atoms with E-state index in [2.05, 4.69) is 218 Å². The molecule has 117 heavy (non-hydrogen) atoms. The van der Waals surface area contributed by atoms with Crippen molar-refractivity contribution in [1.29, 1.82) is 0 Å². The van der Waals surface area contributed by atoms with Crippen LogP contribution in [0.25, 0.3) is 12.2 Å². The fourth-order valence-electron chi connectivity index (χ4n) is 14.0. The lowest BCUT2D eigenvalue weighted by molar-refractivity contribution is 0.301. The molecule has 8 aliphatic rings. The Balaban J connectivity index is 0.0000000960. The first-order chi connectivity index (χ1) is 57.6. The molecule has 0 fully saturated rings. The van der Waals surface area contributed by atoms with E-state index in [4.69, 9.17) is 4.74 Å². The summed E-state index contributed by atoms with van der Waals surface area (Å²) in [6.07, 6.45) is 5.33. The number of ether oxygens (including phenoxy) is 1. The molecule has 8 heterocycles. The molecule has 0 amide bonds. The largest absolute Gasteiger partial charge is 0.453 e. The fourth-order valence-corrected chi connectivity index (χ4v) is 17.9. The number of para-hydroxylation sites is 22. The van der Waals surface area contributed by atoms with E-state index >= 15 is 0 Å². The third-order valence-corrected chi connectivity index (χ3v) is 24.4. The van der Waals surface area contributed by atoms with Crippen molar-refractivity contribution in [3.05, 3.63) is 411 Å². The van der Waals surface area contributed by atoms with Crippen LogP contribution in [-0.2, 0) is 27.1 Å². The highest BCUT2D eigenvalue weighted by atomic mass is 32.2. The van der Waals surface area contributed by atoms with Gasteiger partial charge in [-0.2, -0.15) is 0 Å². The van der Waals surface area contributed by atoms with Crippen molar-refractivity contribution < 1.29 is 22.6 Å². The minimum Gasteiger partial charge on any atom is -0.453 e. The summed E-state index contributed by atoms with van der Waals surface area (Å²) in [5, 5.41) is 41.3. The van der Waals surface area contributed by atoms with E-state index in [1.54, 1.807) is 36.4 Å². The molecule has 0 radical (unpaired) electrons. The Morgan fingerprint density at radius 2 is 0.547 bits per heavy atom. The third kappa shape index (κ3) is 17.1. The van der Waals surface area contributed by atoms with Crippen LogP contribution in [0.2, 0.25) is 0 Å². The smallest absolute Gasteiger partial charge is 0.210 e. The molecule has 0 saturated heterocycles. The number of fused-ring (bicyclic) bond motifs is 16. The van der Waals surface area contributed by atoms with E-state index in [1.165, 1.54) is 71.2 Å². The van der Waals surface area contributed by atoms with Gasteiger partial charge in [-0.05, 0) is 192 Å². The van der Waals surface area contributed by atoms with Gasteiger partial charge in [0.05, 0.1) is 121 Å². The zero-order valence-electron chi connectivity index (χ0n) is 63.1. The zero-order chi connectivity index (χ0) is 79.3. The predicted molar refractivity (Wildman–Crippen MR) is 483 cm³/mol. The quantitative estimate of drug-likeness (QED) is 0.0689. The van der Waals surface area contributed by atoms with Gasteiger partial charge in [0, 0.05) is 39.0 Å². The number of nitrogens with zero attached hydrogens (tertiary/aromatic N) is 1. The van der Waals surface area contributed by atoms with E-state index in [-0.39, 0.29) is 0 Å². The van der Waals surface area contributed by atoms with Gasteiger partial charge in [0.2, 0.25) is 9.84 Å². The van der Waals surface area contributed by atoms with Gasteiger partial charge in [-0.1, -0.05) is 242 Å². The molecule has 0 saturated carbocycles. The lowest BCUT2D eigenvalue weighted by atomic mass is 9.98. The first-order valence-corrected chi connectivity index (χ1v) is 41.6. The van der Waals surface area contributed by atoms with Gasteiger partial charge in [0.25, 0.3) is 0 Å². The Hall–Kier alpha value is -14.5. The molecule has 10 N–H and O–H groups in total. The fraction of sp³-hybridized carbons (Fsp3) is 0.0101. The van der Waals surface area contributed by atoms with Crippen molar-refractivity contribution in [3.8, 4) is 11.5 Å². The molecule has 572 valence electrons. The van der Waals surface area contributed by atoms with E-state index in [1.807, 2.05) is 206 Å². The van der Waals surface area contributed by atoms with Crippen molar-refractivity contribution in [1.82, 2.24) is 0 Å². The standard InChI is InChI=1S/C14H11N.C13H11N.C12H10N2O.C12H10N2.C12H9NO2S.C12H9NOS.C12H9NO.C12H9NS/c1-3-7-13-11(5-1)9-10-12-6-2-4-8-14(12)15-13;1-3-7-12-10(5-1)9-11-6-2-4-8-13(11)14-12;15-14-11-7-3-1-5-9(11)13-10-6-2-4-8-12(10)14;1-2-6-10-9(5-1)13-11-7-3-4-8-12(11)14-10;14-16(15)11-7-3-1-5-9(11)13-10-6-2-4-8-12(10)16;14-15-11-7-3-1-5-9(11)13-10-6-2-4-8-12(10)15;2*1-3-7-11-9(5-1)13-10-6-2-4-8-12(10)14-11/h1-10,15H;1-8,14H,9H2;1-8,13,15H;1-8,13-14H;1-8,13H;1-8,13H;2*1-8,13H. The molecule has 0 spiro atoms. The van der Waals surface area contributed by atoms with Crippen molar-refractivity contribution in [2.75, 3.05) is 52.9 Å². The second kappa shape index (κ2) is 34.8. The minimum atomic E-state index is -3.36. The molecule has 18 heteroatoms. The Kier molecular flexibility index (Phi) is 22.4. The van der Waals surface area contributed by atoms with Gasteiger partial charge in [-0.3, -0.25) is 5.21 Å². The topological polar surface area (TPSA) is 192 Å². The van der Waals surface area contributed by atoms with Crippen molar-refractivity contribution >= 4 is 158 Å². The van der Waals surface area contributed by atoms with Crippen LogP contribution in [0, 0.1) is 0 Å². The molecule has 8 aliphatic heterocycles. The van der Waals surface area contributed by atoms with Gasteiger partial charge in [-0.15, -0.1) is 0 Å². The zero-order valence-corrected chi connectivity index (χ0v) is 65.5. The van der Waals surface area contributed by atoms with E-state index in [0.29, 0.717) is 21.2 Å². The average Bonchev–Trinajstić information content (AvgIpc) is 0.776. The molecule has 0 bridgehead atoms. The van der Waals surface area contributed by atoms with Crippen LogP contribution in [0.1, 0.15) is 22.3 Å². The number of rotatable bonds is 0. The minimum absolute atomic E-state index is 0.341. The summed E-state index contributed by atoms with van der Waals surface area (Å²) in [6.45, 7) is 0. The van der Waals surface area contributed by atoms with Crippen molar-refractivity contribution in [2.24, 2.45) is 0 Å². The Bertz CT molecular complexity index is 5580. The summed E-state index contributed by atoms with van der Waals surface area (Å²) >= 11 is 1.82. The Morgan fingerprint density at radius 3 is 1.00 bits per heavy atom. The average molecular weight is 1580 g/mol. The molecule has 15 nitrogen and oxygen atoms in total. The van der Waals surface area contributed by atoms with Crippen LogP contribution in [0.4, 0.5) is 114 Å². The van der Waals surface area contributed by atoms with E-state index < -0.39 is 20.6 Å². The maximum atomic E-state index is 12.3. The predicted octanol–water partition coefficient (Wildman–Crippen LogP) is 26.9. The van der Waals surface area contributed by atoms with Gasteiger partial charge in [0.15, 0.2) is 11.5 Å². The molecular weight excluding hydrogens is 1510 g/mol. The van der Waals surface area contributed by atoms with Gasteiger partial charge in [-0.25, -0.2) is 17.7 Å². The summed E-state index contributed by atoms with van der Waals surface area (Å²) in [4.78, 5) is 4.99. The maximum absolute atomic E-state index is 12.3. The number of hydrogen-bond donors (Lipinski definition) is 10. The van der Waals surface area contributed by atoms with Crippen LogP contribution < -0.4 is 57.7 Å². The summed E-state index contributed by atoms with van der Waals surface area (Å²) in [7, 11) is -4.42. The maximum Gasteiger partial charge on any atom is 0.210 e. The molecule has 16 aromatic carbocycles. The molecule has 0 atom stereocenters. The van der Waals surface area contributed by atoms with Crippen molar-refractivity contribution in [2.45, 2.75) is 35.8 Å². The van der Waals surface area contributed by atoms with Crippen LogP contribution in [0.5, 0.6) is 11.5 Å². The number of sulfone groups is 1. The van der Waals surface area contributed by atoms with Crippen LogP contribution >= 0.6 is 11.8 Å². The van der Waals surface area contributed by atoms with Gasteiger partial charge >= 0.3 is 0 Å². The highest BCUT2D eigenvalue weighted by molar-refractivity contribution is 7.99. The lowest BCUT2D eigenvalue weighted by Crippen LogP contribution is -2.17. The normalized spacial score (nSPS) is 13.0. The third-order valence-electron chi connectivity index (χ3n) is 19.8. The van der Waals surface area contributed by atoms with E-state index in [0.717, 1.165) is 96.0 Å². The molecule has 24 rings (SSSR count). The summed E-state index contributed by atoms with van der Waals surface area (Å²) < 4.78 is 42.4. The summed E-state index contributed by atoms with van der Waals surface area (Å²) in [5.41, 5.74) is 25.5. The summed E-state index contributed by atoms with van der Waals surface area (Å²) in [6, 6.07) is 127. The lowest BCUT2D eigenvalue weighted by Gasteiger charge is -2.28. The van der Waals surface area contributed by atoms with Gasteiger partial charge < -0.3 is 52.6 Å². The monoisotopic (exact) mass is 1580 g/mol. The molecule has 0 unspecified atom stereocenters. The molecule has 0 aromatic heterocycles. The van der Waals surface area contributed by atoms with Crippen LogP contribution in [0.15, 0.2) is 418 Å².